The van der Waals surface area contributed by atoms with Crippen molar-refractivity contribution in [2.75, 3.05) is 6.61 Å². The molecule has 8 heteroatoms. The van der Waals surface area contributed by atoms with Crippen molar-refractivity contribution in [3.05, 3.63) is 80.0 Å². The maximum Gasteiger partial charge on any atom is 0.335 e. The van der Waals surface area contributed by atoms with Crippen LogP contribution in [0.25, 0.3) is 5.69 Å². The van der Waals surface area contributed by atoms with Gasteiger partial charge in [-0.3, -0.25) is 14.8 Å². The van der Waals surface area contributed by atoms with E-state index in [2.05, 4.69) is 9.98 Å². The number of rotatable bonds is 6. The van der Waals surface area contributed by atoms with Crippen molar-refractivity contribution in [1.82, 2.24) is 9.55 Å². The highest BCUT2D eigenvalue weighted by molar-refractivity contribution is 6.30. The standard InChI is InChI=1S/C21H20ClN3O4/c1-3-17(23-14-7-11-16(12-8-14)29-4-2)18-19(26)24-21(28)25(20(18)27)15-9-5-13(22)6-10-15/h5-12,27H,3-4H2,1-2H3,(H,24,26,28). The van der Waals surface area contributed by atoms with Crippen molar-refractivity contribution in [3.8, 4) is 17.3 Å². The fourth-order valence-corrected chi connectivity index (χ4v) is 2.99. The summed E-state index contributed by atoms with van der Waals surface area (Å²) in [5.74, 6) is 0.231. The van der Waals surface area contributed by atoms with E-state index in [9.17, 15) is 14.7 Å². The number of aromatic amines is 1. The Morgan fingerprint density at radius 1 is 1.10 bits per heavy atom. The molecule has 0 atom stereocenters. The molecule has 29 heavy (non-hydrogen) atoms. The Balaban J connectivity index is 2.12. The van der Waals surface area contributed by atoms with E-state index < -0.39 is 17.1 Å². The molecule has 150 valence electrons. The minimum atomic E-state index is -0.755. The van der Waals surface area contributed by atoms with Crippen molar-refractivity contribution >= 4 is 23.0 Å². The molecule has 0 saturated carbocycles. The van der Waals surface area contributed by atoms with Crippen molar-refractivity contribution in [2.45, 2.75) is 20.3 Å². The molecule has 0 spiro atoms. The smallest absolute Gasteiger partial charge is 0.335 e. The Kier molecular flexibility index (Phi) is 6.19. The topological polar surface area (TPSA) is 96.7 Å². The summed E-state index contributed by atoms with van der Waals surface area (Å²) in [4.78, 5) is 31.5. The molecule has 0 aliphatic carbocycles. The molecule has 3 aromatic rings. The molecule has 0 fully saturated rings. The third kappa shape index (κ3) is 4.41. The lowest BCUT2D eigenvalue weighted by Crippen LogP contribution is -2.33. The lowest BCUT2D eigenvalue weighted by Gasteiger charge is -2.12. The first kappa shape index (κ1) is 20.4. The maximum atomic E-state index is 12.5. The zero-order chi connectivity index (χ0) is 21.0. The number of ether oxygens (including phenoxy) is 1. The van der Waals surface area contributed by atoms with Gasteiger partial charge in [0.1, 0.15) is 11.3 Å². The summed E-state index contributed by atoms with van der Waals surface area (Å²) >= 11 is 5.89. The van der Waals surface area contributed by atoms with Gasteiger partial charge in [0.2, 0.25) is 5.88 Å². The van der Waals surface area contributed by atoms with Crippen LogP contribution in [0.1, 0.15) is 25.8 Å². The third-order valence-corrected chi connectivity index (χ3v) is 4.46. The number of nitrogens with one attached hydrogen (secondary N) is 1. The largest absolute Gasteiger partial charge is 0.494 e. The number of hydrogen-bond acceptors (Lipinski definition) is 5. The first-order chi connectivity index (χ1) is 13.9. The lowest BCUT2D eigenvalue weighted by molar-refractivity contribution is 0.340. The van der Waals surface area contributed by atoms with Crippen LogP contribution < -0.4 is 16.0 Å². The average Bonchev–Trinajstić information content (AvgIpc) is 2.70. The number of halogens is 1. The summed E-state index contributed by atoms with van der Waals surface area (Å²) in [6.45, 7) is 4.26. The first-order valence-corrected chi connectivity index (χ1v) is 9.47. The van der Waals surface area contributed by atoms with E-state index in [1.165, 1.54) is 0 Å². The fourth-order valence-electron chi connectivity index (χ4n) is 2.87. The van der Waals surface area contributed by atoms with E-state index in [0.717, 1.165) is 4.57 Å². The molecule has 0 aliphatic heterocycles. The Labute approximate surface area is 171 Å². The molecular formula is C21H20ClN3O4. The summed E-state index contributed by atoms with van der Waals surface area (Å²) in [5.41, 5.74) is -0.217. The summed E-state index contributed by atoms with van der Waals surface area (Å²) < 4.78 is 6.42. The Morgan fingerprint density at radius 2 is 1.76 bits per heavy atom. The number of aromatic nitrogens is 2. The second kappa shape index (κ2) is 8.79. The van der Waals surface area contributed by atoms with Gasteiger partial charge in [-0.15, -0.1) is 0 Å². The fraction of sp³-hybridized carbons (Fsp3) is 0.190. The normalized spacial score (nSPS) is 11.5. The van der Waals surface area contributed by atoms with Crippen molar-refractivity contribution in [3.63, 3.8) is 0 Å². The predicted molar refractivity (Wildman–Crippen MR) is 113 cm³/mol. The number of H-pyrrole nitrogens is 1. The molecule has 2 aromatic carbocycles. The molecule has 0 bridgehead atoms. The predicted octanol–water partition coefficient (Wildman–Crippen LogP) is 3.81. The quantitative estimate of drug-likeness (QED) is 0.600. The van der Waals surface area contributed by atoms with E-state index in [4.69, 9.17) is 16.3 Å². The van der Waals surface area contributed by atoms with Gasteiger partial charge in [-0.05, 0) is 61.9 Å². The highest BCUT2D eigenvalue weighted by Crippen LogP contribution is 2.23. The number of aliphatic imine (C=N–C) groups is 1. The molecule has 0 saturated heterocycles. The Morgan fingerprint density at radius 3 is 2.34 bits per heavy atom. The van der Waals surface area contributed by atoms with Crippen LogP contribution in [0, 0.1) is 0 Å². The van der Waals surface area contributed by atoms with Crippen LogP contribution in [0.15, 0.2) is 63.1 Å². The van der Waals surface area contributed by atoms with Crippen molar-refractivity contribution < 1.29 is 9.84 Å². The van der Waals surface area contributed by atoms with E-state index in [1.54, 1.807) is 48.5 Å². The molecule has 1 heterocycles. The van der Waals surface area contributed by atoms with Gasteiger partial charge >= 0.3 is 5.69 Å². The SMILES string of the molecule is CCOc1ccc(N=C(CC)c2c(O)n(-c3ccc(Cl)cc3)c(=O)[nH]c2=O)cc1. The number of benzene rings is 2. The minimum absolute atomic E-state index is 0.0593. The van der Waals surface area contributed by atoms with E-state index in [0.29, 0.717) is 40.9 Å². The molecule has 0 amide bonds. The number of aromatic hydroxyl groups is 1. The second-order valence-corrected chi connectivity index (χ2v) is 6.55. The highest BCUT2D eigenvalue weighted by Gasteiger charge is 2.19. The summed E-state index contributed by atoms with van der Waals surface area (Å²) in [6, 6.07) is 13.4. The van der Waals surface area contributed by atoms with Crippen molar-refractivity contribution in [1.29, 1.82) is 0 Å². The van der Waals surface area contributed by atoms with Gasteiger partial charge in [-0.25, -0.2) is 9.36 Å². The molecule has 0 aliphatic rings. The van der Waals surface area contributed by atoms with Crippen LogP contribution in [-0.2, 0) is 0 Å². The minimum Gasteiger partial charge on any atom is -0.494 e. The van der Waals surface area contributed by atoms with Gasteiger partial charge < -0.3 is 9.84 Å². The summed E-state index contributed by atoms with van der Waals surface area (Å²) in [5, 5.41) is 11.3. The monoisotopic (exact) mass is 413 g/mol. The van der Waals surface area contributed by atoms with Crippen LogP contribution >= 0.6 is 11.6 Å². The number of hydrogen-bond donors (Lipinski definition) is 2. The third-order valence-electron chi connectivity index (χ3n) is 4.21. The molecule has 0 radical (unpaired) electrons. The van der Waals surface area contributed by atoms with Gasteiger partial charge in [0.25, 0.3) is 5.56 Å². The molecule has 0 unspecified atom stereocenters. The summed E-state index contributed by atoms with van der Waals surface area (Å²) in [6.07, 6.45) is 0.364. The van der Waals surface area contributed by atoms with Crippen LogP contribution in [0.4, 0.5) is 5.69 Å². The Hall–Kier alpha value is -3.32. The Bertz CT molecular complexity index is 1150. The average molecular weight is 414 g/mol. The summed E-state index contributed by atoms with van der Waals surface area (Å²) in [7, 11) is 0. The molecule has 2 N–H and O–H groups in total. The molecule has 1 aromatic heterocycles. The van der Waals surface area contributed by atoms with Crippen molar-refractivity contribution in [2.24, 2.45) is 4.99 Å². The highest BCUT2D eigenvalue weighted by atomic mass is 35.5. The van der Waals surface area contributed by atoms with Gasteiger partial charge in [-0.1, -0.05) is 18.5 Å². The molecular weight excluding hydrogens is 394 g/mol. The first-order valence-electron chi connectivity index (χ1n) is 9.09. The van der Waals surface area contributed by atoms with E-state index in [-0.39, 0.29) is 5.56 Å². The maximum absolute atomic E-state index is 12.5. The van der Waals surface area contributed by atoms with Gasteiger partial charge in [0.15, 0.2) is 0 Å². The van der Waals surface area contributed by atoms with Crippen LogP contribution in [0.2, 0.25) is 5.02 Å². The van der Waals surface area contributed by atoms with Crippen LogP contribution in [0.3, 0.4) is 0 Å². The number of nitrogens with zero attached hydrogens (tertiary/aromatic N) is 2. The van der Waals surface area contributed by atoms with Crippen LogP contribution in [-0.4, -0.2) is 27.0 Å². The van der Waals surface area contributed by atoms with E-state index in [1.807, 2.05) is 13.8 Å². The molecule has 7 nitrogen and oxygen atoms in total. The molecule has 3 rings (SSSR count). The lowest BCUT2D eigenvalue weighted by atomic mass is 10.1. The van der Waals surface area contributed by atoms with Gasteiger partial charge in [0.05, 0.1) is 23.7 Å². The zero-order valence-corrected chi connectivity index (χ0v) is 16.7. The van der Waals surface area contributed by atoms with Crippen LogP contribution in [0.5, 0.6) is 11.6 Å². The second-order valence-electron chi connectivity index (χ2n) is 6.11. The van der Waals surface area contributed by atoms with Gasteiger partial charge in [0, 0.05) is 5.02 Å². The van der Waals surface area contributed by atoms with E-state index >= 15 is 0 Å². The zero-order valence-electron chi connectivity index (χ0n) is 16.0. The van der Waals surface area contributed by atoms with Gasteiger partial charge in [-0.2, -0.15) is 0 Å².